The molecule has 3 rings (SSSR count). The van der Waals surface area contributed by atoms with Crippen molar-refractivity contribution in [3.05, 3.63) is 83.3 Å². The van der Waals surface area contributed by atoms with Crippen molar-refractivity contribution in [3.8, 4) is 0 Å². The third-order valence-corrected chi connectivity index (χ3v) is 3.89. The van der Waals surface area contributed by atoms with Crippen LogP contribution in [-0.4, -0.2) is 11.8 Å². The number of halogens is 3. The number of anilines is 2. The predicted molar refractivity (Wildman–Crippen MR) is 97.2 cm³/mol. The summed E-state index contributed by atoms with van der Waals surface area (Å²) in [6.45, 7) is 1.77. The minimum atomic E-state index is -4.73. The van der Waals surface area contributed by atoms with E-state index in [-0.39, 0.29) is 16.8 Å². The molecule has 0 saturated heterocycles. The molecule has 28 heavy (non-hydrogen) atoms. The number of carbonyl (C=O) groups is 2. The van der Waals surface area contributed by atoms with Crippen molar-refractivity contribution in [2.24, 2.45) is 0 Å². The molecule has 0 aliphatic heterocycles. The molecule has 0 unspecified atom stereocenters. The number of aryl methyl sites for hydroxylation is 1. The van der Waals surface area contributed by atoms with Gasteiger partial charge in [-0.05, 0) is 43.3 Å². The minimum absolute atomic E-state index is 0.0629. The largest absolute Gasteiger partial charge is 0.472 e. The first kappa shape index (κ1) is 19.2. The molecule has 1 aromatic heterocycles. The molecule has 0 saturated carbocycles. The number of furan rings is 1. The van der Waals surface area contributed by atoms with Crippen LogP contribution in [0.4, 0.5) is 24.5 Å². The molecule has 0 aliphatic carbocycles. The summed E-state index contributed by atoms with van der Waals surface area (Å²) in [5.74, 6) is -1.28. The van der Waals surface area contributed by atoms with Gasteiger partial charge in [-0.1, -0.05) is 17.7 Å². The lowest BCUT2D eigenvalue weighted by Crippen LogP contribution is -2.18. The van der Waals surface area contributed by atoms with E-state index >= 15 is 0 Å². The molecule has 1 heterocycles. The van der Waals surface area contributed by atoms with Crippen molar-refractivity contribution in [3.63, 3.8) is 0 Å². The standard InChI is InChI=1S/C20H15F3N2O3/c1-12-3-2-4-13(9-12)18(26)25-17-6-5-15(10-16(17)20(21,22)23)24-19(27)14-7-8-28-11-14/h2-11H,1H3,(H,24,27)(H,25,26). The lowest BCUT2D eigenvalue weighted by molar-refractivity contribution is -0.136. The van der Waals surface area contributed by atoms with Gasteiger partial charge in [0.05, 0.1) is 23.1 Å². The van der Waals surface area contributed by atoms with E-state index in [1.54, 1.807) is 25.1 Å². The molecule has 0 fully saturated rings. The van der Waals surface area contributed by atoms with Crippen LogP contribution in [0.15, 0.2) is 65.5 Å². The van der Waals surface area contributed by atoms with E-state index in [1.807, 2.05) is 0 Å². The van der Waals surface area contributed by atoms with Crippen LogP contribution < -0.4 is 10.6 Å². The Morgan fingerprint density at radius 3 is 2.32 bits per heavy atom. The maximum Gasteiger partial charge on any atom is 0.418 e. The number of amides is 2. The summed E-state index contributed by atoms with van der Waals surface area (Å²) in [5.41, 5.74) is -0.317. The van der Waals surface area contributed by atoms with E-state index < -0.39 is 29.2 Å². The smallest absolute Gasteiger partial charge is 0.418 e. The molecule has 0 radical (unpaired) electrons. The van der Waals surface area contributed by atoms with Crippen LogP contribution in [0.25, 0.3) is 0 Å². The van der Waals surface area contributed by atoms with Crippen LogP contribution in [0.2, 0.25) is 0 Å². The summed E-state index contributed by atoms with van der Waals surface area (Å²) in [5, 5.41) is 4.65. The number of hydrogen-bond donors (Lipinski definition) is 2. The first-order valence-electron chi connectivity index (χ1n) is 8.17. The second kappa shape index (κ2) is 7.59. The summed E-state index contributed by atoms with van der Waals surface area (Å²) < 4.78 is 45.2. The molecule has 8 heteroatoms. The fourth-order valence-electron chi connectivity index (χ4n) is 2.54. The molecule has 144 valence electrons. The van der Waals surface area contributed by atoms with Gasteiger partial charge in [-0.2, -0.15) is 13.2 Å². The van der Waals surface area contributed by atoms with E-state index in [4.69, 9.17) is 4.42 Å². The molecule has 2 N–H and O–H groups in total. The highest BCUT2D eigenvalue weighted by molar-refractivity contribution is 6.06. The van der Waals surface area contributed by atoms with E-state index in [9.17, 15) is 22.8 Å². The third-order valence-electron chi connectivity index (χ3n) is 3.89. The van der Waals surface area contributed by atoms with Crippen LogP contribution in [0, 0.1) is 6.92 Å². The Bertz CT molecular complexity index is 1010. The minimum Gasteiger partial charge on any atom is -0.472 e. The highest BCUT2D eigenvalue weighted by Crippen LogP contribution is 2.37. The third kappa shape index (κ3) is 4.40. The predicted octanol–water partition coefficient (Wildman–Crippen LogP) is 5.11. The maximum atomic E-state index is 13.5. The lowest BCUT2D eigenvalue weighted by Gasteiger charge is -2.16. The van der Waals surface area contributed by atoms with Gasteiger partial charge in [-0.15, -0.1) is 0 Å². The highest BCUT2D eigenvalue weighted by atomic mass is 19.4. The number of rotatable bonds is 4. The number of hydrogen-bond acceptors (Lipinski definition) is 3. The van der Waals surface area contributed by atoms with E-state index in [2.05, 4.69) is 10.6 Å². The second-order valence-electron chi connectivity index (χ2n) is 6.05. The van der Waals surface area contributed by atoms with Crippen molar-refractivity contribution < 1.29 is 27.2 Å². The van der Waals surface area contributed by atoms with Crippen LogP contribution in [-0.2, 0) is 6.18 Å². The summed E-state index contributed by atoms with van der Waals surface area (Å²) in [6, 6.07) is 11.0. The van der Waals surface area contributed by atoms with Crippen LogP contribution >= 0.6 is 0 Å². The van der Waals surface area contributed by atoms with Gasteiger partial charge in [0.25, 0.3) is 11.8 Å². The van der Waals surface area contributed by atoms with Crippen molar-refractivity contribution >= 4 is 23.2 Å². The van der Waals surface area contributed by atoms with Crippen LogP contribution in [0.3, 0.4) is 0 Å². The number of benzene rings is 2. The molecule has 5 nitrogen and oxygen atoms in total. The topological polar surface area (TPSA) is 71.3 Å². The summed E-state index contributed by atoms with van der Waals surface area (Å²) in [7, 11) is 0. The Labute approximate surface area is 158 Å². The Morgan fingerprint density at radius 2 is 1.68 bits per heavy atom. The van der Waals surface area contributed by atoms with Gasteiger partial charge in [0.15, 0.2) is 0 Å². The normalized spacial score (nSPS) is 11.1. The van der Waals surface area contributed by atoms with Crippen LogP contribution in [0.5, 0.6) is 0 Å². The van der Waals surface area contributed by atoms with E-state index in [0.717, 1.165) is 17.7 Å². The molecule has 0 aliphatic rings. The lowest BCUT2D eigenvalue weighted by atomic mass is 10.1. The molecular weight excluding hydrogens is 373 g/mol. The molecule has 0 bridgehead atoms. The Morgan fingerprint density at radius 1 is 0.929 bits per heavy atom. The first-order chi connectivity index (χ1) is 13.2. The molecule has 0 spiro atoms. The van der Waals surface area contributed by atoms with Gasteiger partial charge < -0.3 is 15.1 Å². The summed E-state index contributed by atoms with van der Waals surface area (Å²) in [4.78, 5) is 24.3. The Kier molecular flexibility index (Phi) is 5.21. The van der Waals surface area contributed by atoms with Crippen molar-refractivity contribution in [2.75, 3.05) is 10.6 Å². The van der Waals surface area contributed by atoms with Gasteiger partial charge in [0, 0.05) is 11.3 Å². The zero-order chi connectivity index (χ0) is 20.3. The average Bonchev–Trinajstić information content (AvgIpc) is 3.17. The molecule has 2 amide bonds. The number of alkyl halides is 3. The molecule has 2 aromatic carbocycles. The fourth-order valence-corrected chi connectivity index (χ4v) is 2.54. The molecule has 0 atom stereocenters. The monoisotopic (exact) mass is 388 g/mol. The van der Waals surface area contributed by atoms with Crippen molar-refractivity contribution in [1.29, 1.82) is 0 Å². The Balaban J connectivity index is 1.87. The second-order valence-corrected chi connectivity index (χ2v) is 6.05. The van der Waals surface area contributed by atoms with Gasteiger partial charge in [0.2, 0.25) is 0 Å². The summed E-state index contributed by atoms with van der Waals surface area (Å²) >= 11 is 0. The Hall–Kier alpha value is -3.55. The highest BCUT2D eigenvalue weighted by Gasteiger charge is 2.34. The quantitative estimate of drug-likeness (QED) is 0.652. The average molecular weight is 388 g/mol. The zero-order valence-corrected chi connectivity index (χ0v) is 14.6. The fraction of sp³-hybridized carbons (Fsp3) is 0.100. The van der Waals surface area contributed by atoms with Gasteiger partial charge in [0.1, 0.15) is 6.26 Å². The molecule has 3 aromatic rings. The number of nitrogens with one attached hydrogen (secondary N) is 2. The van der Waals surface area contributed by atoms with Crippen molar-refractivity contribution in [1.82, 2.24) is 0 Å². The van der Waals surface area contributed by atoms with Gasteiger partial charge >= 0.3 is 6.18 Å². The van der Waals surface area contributed by atoms with Crippen molar-refractivity contribution in [2.45, 2.75) is 13.1 Å². The number of carbonyl (C=O) groups excluding carboxylic acids is 2. The first-order valence-corrected chi connectivity index (χ1v) is 8.17. The van der Waals surface area contributed by atoms with E-state index in [1.165, 1.54) is 30.7 Å². The summed E-state index contributed by atoms with van der Waals surface area (Å²) in [6.07, 6.45) is -2.28. The van der Waals surface area contributed by atoms with Gasteiger partial charge in [-0.25, -0.2) is 0 Å². The maximum absolute atomic E-state index is 13.5. The van der Waals surface area contributed by atoms with Crippen LogP contribution in [0.1, 0.15) is 31.8 Å². The molecular formula is C20H15F3N2O3. The van der Waals surface area contributed by atoms with E-state index in [0.29, 0.717) is 0 Å². The zero-order valence-electron chi connectivity index (χ0n) is 14.6. The SMILES string of the molecule is Cc1cccc(C(=O)Nc2ccc(NC(=O)c3ccoc3)cc2C(F)(F)F)c1. The van der Waals surface area contributed by atoms with Gasteiger partial charge in [-0.3, -0.25) is 9.59 Å².